The highest BCUT2D eigenvalue weighted by molar-refractivity contribution is 7.18. The molecule has 0 aliphatic rings. The van der Waals surface area contributed by atoms with Crippen LogP contribution in [-0.4, -0.2) is 30.6 Å². The Labute approximate surface area is 142 Å². The van der Waals surface area contributed by atoms with Crippen molar-refractivity contribution in [1.82, 2.24) is 10.3 Å². The van der Waals surface area contributed by atoms with E-state index in [0.717, 1.165) is 36.4 Å². The minimum absolute atomic E-state index is 0.120. The molecule has 126 valence electrons. The summed E-state index contributed by atoms with van der Waals surface area (Å²) in [5.74, 6) is 0.682. The van der Waals surface area contributed by atoms with Crippen molar-refractivity contribution in [3.8, 4) is 0 Å². The maximum Gasteiger partial charge on any atom is 0.220 e. The second-order valence-electron chi connectivity index (χ2n) is 6.10. The van der Waals surface area contributed by atoms with Gasteiger partial charge in [-0.25, -0.2) is 4.98 Å². The zero-order valence-electron chi connectivity index (χ0n) is 14.0. The average molecular weight is 334 g/mol. The molecule has 1 aromatic carbocycles. The van der Waals surface area contributed by atoms with Gasteiger partial charge in [0.1, 0.15) is 0 Å². The molecule has 0 aliphatic carbocycles. The second kappa shape index (κ2) is 9.63. The number of aromatic nitrogens is 1. The number of fused-ring (bicyclic) bond motifs is 1. The van der Waals surface area contributed by atoms with Crippen LogP contribution in [0.25, 0.3) is 10.2 Å². The summed E-state index contributed by atoms with van der Waals surface area (Å²) in [6.45, 7) is 6.46. The van der Waals surface area contributed by atoms with Gasteiger partial charge in [-0.15, -0.1) is 11.3 Å². The van der Waals surface area contributed by atoms with E-state index in [4.69, 9.17) is 4.74 Å². The minimum atomic E-state index is 0.120. The normalized spacial score (nSPS) is 11.3. The predicted molar refractivity (Wildman–Crippen MR) is 95.8 cm³/mol. The lowest BCUT2D eigenvalue weighted by molar-refractivity contribution is -0.121. The van der Waals surface area contributed by atoms with E-state index in [1.165, 1.54) is 4.70 Å². The van der Waals surface area contributed by atoms with Gasteiger partial charge in [0.25, 0.3) is 0 Å². The molecular weight excluding hydrogens is 308 g/mol. The molecule has 0 spiro atoms. The smallest absolute Gasteiger partial charge is 0.220 e. The molecule has 1 amide bonds. The maximum atomic E-state index is 11.8. The number of nitrogens with one attached hydrogen (secondary N) is 1. The summed E-state index contributed by atoms with van der Waals surface area (Å²) in [5.41, 5.74) is 1.05. The lowest BCUT2D eigenvalue weighted by Crippen LogP contribution is -2.25. The molecule has 4 nitrogen and oxygen atoms in total. The number of benzene rings is 1. The monoisotopic (exact) mass is 334 g/mol. The van der Waals surface area contributed by atoms with E-state index in [0.29, 0.717) is 25.5 Å². The molecule has 0 aliphatic heterocycles. The van der Waals surface area contributed by atoms with Crippen LogP contribution in [0.1, 0.15) is 38.1 Å². The SMILES string of the molecule is CC(C)COCCCNC(=O)CCCc1nc2ccccc2s1. The maximum absolute atomic E-state index is 11.8. The van der Waals surface area contributed by atoms with E-state index in [1.54, 1.807) is 11.3 Å². The van der Waals surface area contributed by atoms with Gasteiger partial charge in [-0.2, -0.15) is 0 Å². The van der Waals surface area contributed by atoms with Crippen LogP contribution in [0.3, 0.4) is 0 Å². The van der Waals surface area contributed by atoms with Gasteiger partial charge < -0.3 is 10.1 Å². The second-order valence-corrected chi connectivity index (χ2v) is 7.22. The van der Waals surface area contributed by atoms with Gasteiger partial charge >= 0.3 is 0 Å². The Bertz CT molecular complexity index is 577. The topological polar surface area (TPSA) is 51.2 Å². The first-order valence-corrected chi connectivity index (χ1v) is 9.15. The number of carbonyl (C=O) groups excluding carboxylic acids is 1. The number of thiazole rings is 1. The van der Waals surface area contributed by atoms with Crippen LogP contribution in [0.2, 0.25) is 0 Å². The van der Waals surface area contributed by atoms with Crippen molar-refractivity contribution in [3.05, 3.63) is 29.3 Å². The van der Waals surface area contributed by atoms with Crippen LogP contribution in [0, 0.1) is 5.92 Å². The quantitative estimate of drug-likeness (QED) is 0.672. The van der Waals surface area contributed by atoms with E-state index in [-0.39, 0.29) is 5.91 Å². The lowest BCUT2D eigenvalue weighted by atomic mass is 10.2. The Morgan fingerprint density at radius 2 is 2.13 bits per heavy atom. The number of rotatable bonds is 10. The van der Waals surface area contributed by atoms with Crippen LogP contribution in [-0.2, 0) is 16.0 Å². The molecule has 0 saturated carbocycles. The molecule has 2 rings (SSSR count). The summed E-state index contributed by atoms with van der Waals surface area (Å²) in [7, 11) is 0. The largest absolute Gasteiger partial charge is 0.381 e. The van der Waals surface area contributed by atoms with Crippen LogP contribution in [0.15, 0.2) is 24.3 Å². The first-order chi connectivity index (χ1) is 11.1. The fourth-order valence-corrected chi connectivity index (χ4v) is 3.25. The minimum Gasteiger partial charge on any atom is -0.381 e. The Balaban J connectivity index is 1.56. The highest BCUT2D eigenvalue weighted by Gasteiger charge is 2.05. The fraction of sp³-hybridized carbons (Fsp3) is 0.556. The third-order valence-electron chi connectivity index (χ3n) is 3.37. The summed E-state index contributed by atoms with van der Waals surface area (Å²) in [6.07, 6.45) is 3.14. The number of ether oxygens (including phenoxy) is 1. The van der Waals surface area contributed by atoms with E-state index in [1.807, 2.05) is 18.2 Å². The first-order valence-electron chi connectivity index (χ1n) is 8.34. The zero-order valence-corrected chi connectivity index (χ0v) is 14.8. The lowest BCUT2D eigenvalue weighted by Gasteiger charge is -2.07. The molecule has 0 unspecified atom stereocenters. The van der Waals surface area contributed by atoms with Crippen LogP contribution in [0.5, 0.6) is 0 Å². The van der Waals surface area contributed by atoms with Crippen molar-refractivity contribution in [3.63, 3.8) is 0 Å². The van der Waals surface area contributed by atoms with E-state index in [9.17, 15) is 4.79 Å². The summed E-state index contributed by atoms with van der Waals surface area (Å²) >= 11 is 1.72. The Hall–Kier alpha value is -1.46. The standard InChI is InChI=1S/C18H26N2O2S/c1-14(2)13-22-12-6-11-19-17(21)9-5-10-18-20-15-7-3-4-8-16(15)23-18/h3-4,7-8,14H,5-6,9-13H2,1-2H3,(H,19,21). The summed E-state index contributed by atoms with van der Waals surface area (Å²) in [4.78, 5) is 16.4. The van der Waals surface area contributed by atoms with E-state index in [2.05, 4.69) is 30.2 Å². The van der Waals surface area contributed by atoms with Crippen molar-refractivity contribution < 1.29 is 9.53 Å². The van der Waals surface area contributed by atoms with Crippen molar-refractivity contribution in [2.24, 2.45) is 5.92 Å². The van der Waals surface area contributed by atoms with Gasteiger partial charge in [-0.05, 0) is 37.3 Å². The molecule has 2 aromatic rings. The number of amides is 1. The highest BCUT2D eigenvalue weighted by atomic mass is 32.1. The summed E-state index contributed by atoms with van der Waals surface area (Å²) < 4.78 is 6.70. The average Bonchev–Trinajstić information content (AvgIpc) is 2.93. The van der Waals surface area contributed by atoms with Gasteiger partial charge in [0.2, 0.25) is 5.91 Å². The molecular formula is C18H26N2O2S. The van der Waals surface area contributed by atoms with Gasteiger partial charge in [-0.1, -0.05) is 26.0 Å². The van der Waals surface area contributed by atoms with Crippen molar-refractivity contribution in [2.75, 3.05) is 19.8 Å². The molecule has 0 radical (unpaired) electrons. The third-order valence-corrected chi connectivity index (χ3v) is 4.47. The number of hydrogen-bond donors (Lipinski definition) is 1. The molecule has 0 bridgehead atoms. The van der Waals surface area contributed by atoms with E-state index >= 15 is 0 Å². The fourth-order valence-electron chi connectivity index (χ4n) is 2.24. The van der Waals surface area contributed by atoms with Gasteiger partial charge in [0.05, 0.1) is 15.2 Å². The summed E-state index contributed by atoms with van der Waals surface area (Å²) in [5, 5.41) is 4.06. The van der Waals surface area contributed by atoms with Crippen LogP contribution in [0.4, 0.5) is 0 Å². The third kappa shape index (κ3) is 6.67. The molecule has 23 heavy (non-hydrogen) atoms. The molecule has 1 N–H and O–H groups in total. The molecule has 0 fully saturated rings. The number of aryl methyl sites for hydroxylation is 1. The predicted octanol–water partition coefficient (Wildman–Crippen LogP) is 3.80. The van der Waals surface area contributed by atoms with Crippen molar-refractivity contribution >= 4 is 27.5 Å². The van der Waals surface area contributed by atoms with Gasteiger partial charge in [-0.3, -0.25) is 4.79 Å². The Kier molecular flexibility index (Phi) is 7.49. The molecule has 1 heterocycles. The van der Waals surface area contributed by atoms with Crippen LogP contribution < -0.4 is 5.32 Å². The Morgan fingerprint density at radius 3 is 2.91 bits per heavy atom. The zero-order chi connectivity index (χ0) is 16.5. The highest BCUT2D eigenvalue weighted by Crippen LogP contribution is 2.22. The Morgan fingerprint density at radius 1 is 1.30 bits per heavy atom. The summed E-state index contributed by atoms with van der Waals surface area (Å²) in [6, 6.07) is 8.15. The van der Waals surface area contributed by atoms with Crippen molar-refractivity contribution in [1.29, 1.82) is 0 Å². The van der Waals surface area contributed by atoms with Crippen molar-refractivity contribution in [2.45, 2.75) is 39.5 Å². The van der Waals surface area contributed by atoms with Gasteiger partial charge in [0, 0.05) is 26.2 Å². The first kappa shape index (κ1) is 17.9. The number of hydrogen-bond acceptors (Lipinski definition) is 4. The van der Waals surface area contributed by atoms with Gasteiger partial charge in [0.15, 0.2) is 0 Å². The number of carbonyl (C=O) groups is 1. The molecule has 0 saturated heterocycles. The van der Waals surface area contributed by atoms with Crippen LogP contribution >= 0.6 is 11.3 Å². The van der Waals surface area contributed by atoms with E-state index < -0.39 is 0 Å². The number of nitrogens with zero attached hydrogens (tertiary/aromatic N) is 1. The molecule has 5 heteroatoms. The number of para-hydroxylation sites is 1. The molecule has 1 aromatic heterocycles. The molecule has 0 atom stereocenters.